The summed E-state index contributed by atoms with van der Waals surface area (Å²) in [6.45, 7) is 3.95. The van der Waals surface area contributed by atoms with E-state index in [4.69, 9.17) is 0 Å². The van der Waals surface area contributed by atoms with Crippen LogP contribution in [-0.4, -0.2) is 59.1 Å². The SMILES string of the molecule is C1CC2CCSCCN(CCS1)CCSCC2. The fourth-order valence-corrected chi connectivity index (χ4v) is 5.68. The molecule has 0 amide bonds. The lowest BCUT2D eigenvalue weighted by molar-refractivity contribution is 0.328. The minimum absolute atomic E-state index is 1.01. The Bertz CT molecular complexity index is 150. The number of fused-ring (bicyclic) bond motifs is 12. The molecular formula is C13H25NS3. The van der Waals surface area contributed by atoms with Crippen LogP contribution in [-0.2, 0) is 0 Å². The molecule has 3 saturated heterocycles. The molecule has 0 aromatic heterocycles. The number of rotatable bonds is 0. The minimum atomic E-state index is 1.01. The van der Waals surface area contributed by atoms with Crippen molar-refractivity contribution in [3.8, 4) is 0 Å². The Balaban J connectivity index is 1.90. The number of thioether (sulfide) groups is 3. The Hall–Kier alpha value is 1.01. The van der Waals surface area contributed by atoms with Crippen LogP contribution in [0.4, 0.5) is 0 Å². The van der Waals surface area contributed by atoms with Crippen molar-refractivity contribution in [2.45, 2.75) is 19.3 Å². The van der Waals surface area contributed by atoms with Crippen molar-refractivity contribution >= 4 is 35.3 Å². The molecule has 0 aliphatic carbocycles. The van der Waals surface area contributed by atoms with Crippen LogP contribution in [0.15, 0.2) is 0 Å². The van der Waals surface area contributed by atoms with Gasteiger partial charge in [0, 0.05) is 36.9 Å². The maximum Gasteiger partial charge on any atom is 0.00730 e. The van der Waals surface area contributed by atoms with Gasteiger partial charge in [-0.25, -0.2) is 0 Å². The summed E-state index contributed by atoms with van der Waals surface area (Å²) in [5, 5.41) is 0. The van der Waals surface area contributed by atoms with Gasteiger partial charge in [-0.05, 0) is 42.4 Å². The highest BCUT2D eigenvalue weighted by molar-refractivity contribution is 7.99. The van der Waals surface area contributed by atoms with Gasteiger partial charge in [-0.2, -0.15) is 35.3 Å². The van der Waals surface area contributed by atoms with Gasteiger partial charge in [0.1, 0.15) is 0 Å². The molecule has 1 nitrogen and oxygen atoms in total. The first-order valence-electron chi connectivity index (χ1n) is 6.91. The highest BCUT2D eigenvalue weighted by atomic mass is 32.2. The Morgan fingerprint density at radius 2 is 1.00 bits per heavy atom. The van der Waals surface area contributed by atoms with E-state index in [1.165, 1.54) is 73.4 Å². The predicted molar refractivity (Wildman–Crippen MR) is 85.8 cm³/mol. The zero-order valence-electron chi connectivity index (χ0n) is 10.7. The molecule has 0 atom stereocenters. The second-order valence-electron chi connectivity index (χ2n) is 4.91. The minimum Gasteiger partial charge on any atom is -0.301 e. The molecule has 100 valence electrons. The molecular weight excluding hydrogens is 266 g/mol. The lowest BCUT2D eigenvalue weighted by Crippen LogP contribution is -2.31. The number of hydrogen-bond donors (Lipinski definition) is 0. The Morgan fingerprint density at radius 3 is 1.41 bits per heavy atom. The molecule has 0 spiro atoms. The van der Waals surface area contributed by atoms with Crippen molar-refractivity contribution in [2.24, 2.45) is 5.92 Å². The zero-order chi connectivity index (χ0) is 11.8. The van der Waals surface area contributed by atoms with E-state index in [0.717, 1.165) is 5.92 Å². The molecule has 3 rings (SSSR count). The molecule has 4 heteroatoms. The van der Waals surface area contributed by atoms with Crippen molar-refractivity contribution in [1.82, 2.24) is 4.90 Å². The molecule has 3 fully saturated rings. The zero-order valence-corrected chi connectivity index (χ0v) is 13.2. The van der Waals surface area contributed by atoms with Crippen molar-refractivity contribution in [2.75, 3.05) is 54.2 Å². The fraction of sp³-hybridized carbons (Fsp3) is 1.00. The van der Waals surface area contributed by atoms with Crippen molar-refractivity contribution in [1.29, 1.82) is 0 Å². The number of nitrogens with zero attached hydrogens (tertiary/aromatic N) is 1. The van der Waals surface area contributed by atoms with Gasteiger partial charge in [-0.1, -0.05) is 0 Å². The van der Waals surface area contributed by atoms with Gasteiger partial charge in [0.2, 0.25) is 0 Å². The van der Waals surface area contributed by atoms with Crippen molar-refractivity contribution < 1.29 is 0 Å². The van der Waals surface area contributed by atoms with Crippen LogP contribution in [0.3, 0.4) is 0 Å². The fourth-order valence-electron chi connectivity index (χ4n) is 2.41. The maximum atomic E-state index is 2.69. The lowest BCUT2D eigenvalue weighted by atomic mass is 10.0. The Labute approximate surface area is 119 Å². The summed E-state index contributed by atoms with van der Waals surface area (Å²) in [6.07, 6.45) is 4.39. The number of hydrogen-bond acceptors (Lipinski definition) is 4. The predicted octanol–water partition coefficient (Wildman–Crippen LogP) is 3.30. The van der Waals surface area contributed by atoms with E-state index in [2.05, 4.69) is 40.2 Å². The molecule has 3 aliphatic heterocycles. The summed E-state index contributed by atoms with van der Waals surface area (Å²) in [6, 6.07) is 0. The van der Waals surface area contributed by atoms with E-state index in [1.54, 1.807) is 0 Å². The third-order valence-electron chi connectivity index (χ3n) is 3.67. The average molecular weight is 292 g/mol. The molecule has 0 saturated carbocycles. The monoisotopic (exact) mass is 291 g/mol. The summed E-state index contributed by atoms with van der Waals surface area (Å²) in [5.74, 6) is 9.25. The standard InChI is InChI=1S/C13H25NS3/c1-7-15-10-4-14-5-11-16-8-2-13(1)3-9-17-12-6-14/h13H,1-12H2. The highest BCUT2D eigenvalue weighted by Gasteiger charge is 2.13. The first-order valence-corrected chi connectivity index (χ1v) is 10.4. The van der Waals surface area contributed by atoms with Crippen LogP contribution in [0.2, 0.25) is 0 Å². The van der Waals surface area contributed by atoms with Crippen molar-refractivity contribution in [3.63, 3.8) is 0 Å². The van der Waals surface area contributed by atoms with Crippen LogP contribution in [0, 0.1) is 5.92 Å². The van der Waals surface area contributed by atoms with Gasteiger partial charge in [0.15, 0.2) is 0 Å². The summed E-state index contributed by atoms with van der Waals surface area (Å²) >= 11 is 6.56. The molecule has 0 radical (unpaired) electrons. The quantitative estimate of drug-likeness (QED) is 0.673. The second-order valence-corrected chi connectivity index (χ2v) is 8.59. The van der Waals surface area contributed by atoms with E-state index < -0.39 is 0 Å². The molecule has 0 unspecified atom stereocenters. The first kappa shape index (κ1) is 14.4. The summed E-state index contributed by atoms with van der Waals surface area (Å²) in [7, 11) is 0. The van der Waals surface area contributed by atoms with Gasteiger partial charge in [0.05, 0.1) is 0 Å². The van der Waals surface area contributed by atoms with Crippen LogP contribution in [0.5, 0.6) is 0 Å². The van der Waals surface area contributed by atoms with Gasteiger partial charge in [0.25, 0.3) is 0 Å². The average Bonchev–Trinajstić information content (AvgIpc) is 2.29. The molecule has 17 heavy (non-hydrogen) atoms. The van der Waals surface area contributed by atoms with E-state index >= 15 is 0 Å². The second kappa shape index (κ2) is 9.00. The molecule has 2 bridgehead atoms. The maximum absolute atomic E-state index is 2.69. The first-order chi connectivity index (χ1) is 8.45. The van der Waals surface area contributed by atoms with Gasteiger partial charge < -0.3 is 4.90 Å². The molecule has 0 aromatic carbocycles. The van der Waals surface area contributed by atoms with Crippen LogP contribution in [0.25, 0.3) is 0 Å². The van der Waals surface area contributed by atoms with E-state index in [1.807, 2.05) is 0 Å². The van der Waals surface area contributed by atoms with Gasteiger partial charge in [-0.3, -0.25) is 0 Å². The Morgan fingerprint density at radius 1 is 0.588 bits per heavy atom. The summed E-state index contributed by atoms with van der Waals surface area (Å²) in [5.41, 5.74) is 0. The van der Waals surface area contributed by atoms with Crippen LogP contribution in [0.1, 0.15) is 19.3 Å². The molecule has 3 aliphatic rings. The largest absolute Gasteiger partial charge is 0.301 e. The molecule has 0 aromatic rings. The van der Waals surface area contributed by atoms with Gasteiger partial charge >= 0.3 is 0 Å². The lowest BCUT2D eigenvalue weighted by Gasteiger charge is -2.25. The summed E-state index contributed by atoms with van der Waals surface area (Å²) < 4.78 is 0. The normalized spacial score (nSPS) is 33.9. The highest BCUT2D eigenvalue weighted by Crippen LogP contribution is 2.23. The Kier molecular flexibility index (Phi) is 7.63. The smallest absolute Gasteiger partial charge is 0.00730 e. The van der Waals surface area contributed by atoms with Crippen LogP contribution >= 0.6 is 35.3 Å². The van der Waals surface area contributed by atoms with E-state index in [-0.39, 0.29) is 0 Å². The third-order valence-corrected chi connectivity index (χ3v) is 6.65. The van der Waals surface area contributed by atoms with E-state index in [0.29, 0.717) is 0 Å². The molecule has 3 heterocycles. The third kappa shape index (κ3) is 6.13. The van der Waals surface area contributed by atoms with Crippen LogP contribution < -0.4 is 0 Å². The molecule has 0 N–H and O–H groups in total. The van der Waals surface area contributed by atoms with Crippen molar-refractivity contribution in [3.05, 3.63) is 0 Å². The van der Waals surface area contributed by atoms with Gasteiger partial charge in [-0.15, -0.1) is 0 Å². The summed E-state index contributed by atoms with van der Waals surface area (Å²) in [4.78, 5) is 2.69. The van der Waals surface area contributed by atoms with E-state index in [9.17, 15) is 0 Å². The topological polar surface area (TPSA) is 3.24 Å².